The first kappa shape index (κ1) is 8.60. The van der Waals surface area contributed by atoms with Crippen LogP contribution in [0.15, 0.2) is 6.33 Å². The van der Waals surface area contributed by atoms with Gasteiger partial charge in [-0.1, -0.05) is 0 Å². The molecule has 0 aliphatic carbocycles. The molecule has 1 N–H and O–H groups in total. The molecule has 0 atom stereocenters. The highest BCUT2D eigenvalue weighted by Crippen LogP contribution is 2.13. The molecule has 3 nitrogen and oxygen atoms in total. The predicted molar refractivity (Wildman–Crippen MR) is 53.4 cm³/mol. The van der Waals surface area contributed by atoms with Gasteiger partial charge in [0.2, 0.25) is 0 Å². The molecule has 1 heterocycles. The zero-order valence-electron chi connectivity index (χ0n) is 4.88. The van der Waals surface area contributed by atoms with Crippen molar-refractivity contribution in [3.8, 4) is 0 Å². The lowest BCUT2D eigenvalue weighted by Crippen LogP contribution is -1.98. The number of hydrogen-bond acceptors (Lipinski definition) is 3. The van der Waals surface area contributed by atoms with Crippen molar-refractivity contribution >= 4 is 45.2 Å². The molecule has 0 aromatic carbocycles. The molecule has 0 amide bonds. The number of halogens is 2. The summed E-state index contributed by atoms with van der Waals surface area (Å²) in [5.74, 6) is 0. The van der Waals surface area contributed by atoms with Crippen molar-refractivity contribution in [1.82, 2.24) is 9.97 Å². The van der Waals surface area contributed by atoms with Crippen molar-refractivity contribution in [3.63, 3.8) is 0 Å². The standard InChI is InChI=1S/C5H4I2N2O/c6-4-3(1-10)5(7)9-2-8-4/h2,10H,1H2. The third-order valence-corrected chi connectivity index (χ3v) is 2.86. The van der Waals surface area contributed by atoms with Crippen molar-refractivity contribution in [2.75, 3.05) is 0 Å². The van der Waals surface area contributed by atoms with Gasteiger partial charge in [-0.05, 0) is 45.2 Å². The number of rotatable bonds is 1. The van der Waals surface area contributed by atoms with Gasteiger partial charge >= 0.3 is 0 Å². The molecule has 0 unspecified atom stereocenters. The number of hydrogen-bond donors (Lipinski definition) is 1. The van der Waals surface area contributed by atoms with Crippen molar-refractivity contribution in [2.45, 2.75) is 6.61 Å². The zero-order valence-corrected chi connectivity index (χ0v) is 9.20. The first-order valence-corrected chi connectivity index (χ1v) is 4.67. The maximum absolute atomic E-state index is 8.81. The highest BCUT2D eigenvalue weighted by Gasteiger charge is 2.03. The summed E-state index contributed by atoms with van der Waals surface area (Å²) in [5, 5.41) is 8.81. The molecule has 0 bridgehead atoms. The summed E-state index contributed by atoms with van der Waals surface area (Å²) in [7, 11) is 0. The Morgan fingerprint density at radius 1 is 1.30 bits per heavy atom. The molecule has 0 saturated heterocycles. The maximum Gasteiger partial charge on any atom is 0.117 e. The van der Waals surface area contributed by atoms with Crippen LogP contribution in [0.1, 0.15) is 5.56 Å². The lowest BCUT2D eigenvalue weighted by Gasteiger charge is -1.99. The van der Waals surface area contributed by atoms with Crippen LogP contribution in [0.25, 0.3) is 0 Å². The second kappa shape index (κ2) is 3.77. The van der Waals surface area contributed by atoms with Crippen LogP contribution in [0.4, 0.5) is 0 Å². The van der Waals surface area contributed by atoms with Crippen molar-refractivity contribution in [1.29, 1.82) is 0 Å². The minimum absolute atomic E-state index is 0.0113. The van der Waals surface area contributed by atoms with Crippen molar-refractivity contribution in [2.24, 2.45) is 0 Å². The zero-order chi connectivity index (χ0) is 7.56. The van der Waals surface area contributed by atoms with E-state index in [2.05, 4.69) is 55.1 Å². The lowest BCUT2D eigenvalue weighted by atomic mass is 10.4. The molecular formula is C5H4I2N2O. The van der Waals surface area contributed by atoms with Gasteiger partial charge in [-0.15, -0.1) is 0 Å². The Kier molecular flexibility index (Phi) is 3.24. The van der Waals surface area contributed by atoms with Crippen molar-refractivity contribution < 1.29 is 5.11 Å². The Morgan fingerprint density at radius 3 is 2.10 bits per heavy atom. The van der Waals surface area contributed by atoms with Crippen LogP contribution in [0.3, 0.4) is 0 Å². The van der Waals surface area contributed by atoms with Crippen LogP contribution in [0.5, 0.6) is 0 Å². The average molecular weight is 362 g/mol. The lowest BCUT2D eigenvalue weighted by molar-refractivity contribution is 0.278. The largest absolute Gasteiger partial charge is 0.391 e. The fourth-order valence-electron chi connectivity index (χ4n) is 0.502. The second-order valence-corrected chi connectivity index (χ2v) is 3.64. The summed E-state index contributed by atoms with van der Waals surface area (Å²) in [6.07, 6.45) is 1.49. The molecular weight excluding hydrogens is 358 g/mol. The number of aliphatic hydroxyl groups excluding tert-OH is 1. The Bertz CT molecular complexity index is 221. The van der Waals surface area contributed by atoms with Crippen LogP contribution in [-0.2, 0) is 6.61 Å². The van der Waals surface area contributed by atoms with Crippen molar-refractivity contribution in [3.05, 3.63) is 19.3 Å². The Labute approximate surface area is 85.6 Å². The van der Waals surface area contributed by atoms with E-state index in [0.717, 1.165) is 13.0 Å². The van der Waals surface area contributed by atoms with E-state index in [0.29, 0.717) is 0 Å². The molecule has 0 aliphatic rings. The minimum Gasteiger partial charge on any atom is -0.391 e. The van der Waals surface area contributed by atoms with E-state index >= 15 is 0 Å². The molecule has 1 aromatic rings. The van der Waals surface area contributed by atoms with E-state index in [-0.39, 0.29) is 6.61 Å². The fraction of sp³-hybridized carbons (Fsp3) is 0.200. The molecule has 0 radical (unpaired) electrons. The summed E-state index contributed by atoms with van der Waals surface area (Å²) >= 11 is 4.14. The van der Waals surface area contributed by atoms with E-state index in [9.17, 15) is 0 Å². The highest BCUT2D eigenvalue weighted by atomic mass is 127. The van der Waals surface area contributed by atoms with E-state index in [4.69, 9.17) is 5.11 Å². The summed E-state index contributed by atoms with van der Waals surface area (Å²) in [5.41, 5.74) is 0.809. The van der Waals surface area contributed by atoms with Gasteiger partial charge in [-0.25, -0.2) is 9.97 Å². The van der Waals surface area contributed by atoms with Crippen LogP contribution < -0.4 is 0 Å². The molecule has 0 saturated carbocycles. The van der Waals surface area contributed by atoms with Crippen LogP contribution in [0, 0.1) is 7.40 Å². The van der Waals surface area contributed by atoms with E-state index in [1.807, 2.05) is 0 Å². The molecule has 54 valence electrons. The minimum atomic E-state index is 0.0113. The smallest absolute Gasteiger partial charge is 0.117 e. The number of nitrogens with zero attached hydrogens (tertiary/aromatic N) is 2. The molecule has 1 aromatic heterocycles. The quantitative estimate of drug-likeness (QED) is 0.603. The first-order chi connectivity index (χ1) is 4.75. The van der Waals surface area contributed by atoms with Crippen LogP contribution in [0.2, 0.25) is 0 Å². The molecule has 5 heteroatoms. The molecule has 0 aliphatic heterocycles. The van der Waals surface area contributed by atoms with Crippen LogP contribution in [-0.4, -0.2) is 15.1 Å². The Hall–Kier alpha value is 0.500. The SMILES string of the molecule is OCc1c(I)ncnc1I. The number of aromatic nitrogens is 2. The summed E-state index contributed by atoms with van der Waals surface area (Å²) in [6, 6.07) is 0. The van der Waals surface area contributed by atoms with Gasteiger partial charge in [0.05, 0.1) is 6.61 Å². The average Bonchev–Trinajstić information content (AvgIpc) is 1.88. The van der Waals surface area contributed by atoms with E-state index in [1.165, 1.54) is 6.33 Å². The third-order valence-electron chi connectivity index (χ3n) is 0.998. The first-order valence-electron chi connectivity index (χ1n) is 2.51. The molecule has 0 spiro atoms. The third kappa shape index (κ3) is 1.76. The Morgan fingerprint density at radius 2 is 1.80 bits per heavy atom. The summed E-state index contributed by atoms with van der Waals surface area (Å²) in [4.78, 5) is 7.84. The van der Waals surface area contributed by atoms with Gasteiger partial charge in [0.15, 0.2) is 0 Å². The highest BCUT2D eigenvalue weighted by molar-refractivity contribution is 14.1. The van der Waals surface area contributed by atoms with Gasteiger partial charge < -0.3 is 5.11 Å². The second-order valence-electron chi connectivity index (χ2n) is 1.59. The molecule has 10 heavy (non-hydrogen) atoms. The van der Waals surface area contributed by atoms with Gasteiger partial charge in [0.1, 0.15) is 13.7 Å². The Balaban J connectivity index is 3.17. The number of aliphatic hydroxyl groups is 1. The van der Waals surface area contributed by atoms with Gasteiger partial charge in [-0.3, -0.25) is 0 Å². The summed E-state index contributed by atoms with van der Waals surface area (Å²) in [6.45, 7) is 0.0113. The van der Waals surface area contributed by atoms with Gasteiger partial charge in [0, 0.05) is 5.56 Å². The fourth-order valence-corrected chi connectivity index (χ4v) is 2.12. The molecule has 1 rings (SSSR count). The predicted octanol–water partition coefficient (Wildman–Crippen LogP) is 1.18. The summed E-state index contributed by atoms with van der Waals surface area (Å²) < 4.78 is 1.64. The topological polar surface area (TPSA) is 46.0 Å². The maximum atomic E-state index is 8.81. The van der Waals surface area contributed by atoms with E-state index in [1.54, 1.807) is 0 Å². The van der Waals surface area contributed by atoms with Crippen LogP contribution >= 0.6 is 45.2 Å². The van der Waals surface area contributed by atoms with Gasteiger partial charge in [0.25, 0.3) is 0 Å². The monoisotopic (exact) mass is 362 g/mol. The van der Waals surface area contributed by atoms with E-state index < -0.39 is 0 Å². The van der Waals surface area contributed by atoms with Gasteiger partial charge in [-0.2, -0.15) is 0 Å². The normalized spacial score (nSPS) is 9.90. The molecule has 0 fully saturated rings.